The van der Waals surface area contributed by atoms with E-state index in [2.05, 4.69) is 6.07 Å². The van der Waals surface area contributed by atoms with Crippen molar-refractivity contribution >= 4 is 23.2 Å². The Morgan fingerprint density at radius 3 is 2.48 bits per heavy atom. The van der Waals surface area contributed by atoms with Gasteiger partial charge in [-0.05, 0) is 54.9 Å². The summed E-state index contributed by atoms with van der Waals surface area (Å²) < 4.78 is 5.23. The molecule has 0 spiro atoms. The van der Waals surface area contributed by atoms with E-state index in [0.717, 1.165) is 56.5 Å². The molecular weight excluding hydrogens is 362 g/mol. The summed E-state index contributed by atoms with van der Waals surface area (Å²) in [5.74, 6) is 0.561. The lowest BCUT2D eigenvalue weighted by atomic mass is 9.94. The number of carbonyl (C=O) groups excluding carboxylic acids is 1. The van der Waals surface area contributed by atoms with Gasteiger partial charge in [0.2, 0.25) is 0 Å². The smallest absolute Gasteiger partial charge is 0.320 e. The van der Waals surface area contributed by atoms with Gasteiger partial charge in [-0.25, -0.2) is 4.79 Å². The van der Waals surface area contributed by atoms with Gasteiger partial charge < -0.3 is 14.5 Å². The average molecular weight is 388 g/mol. The molecule has 0 unspecified atom stereocenters. The van der Waals surface area contributed by atoms with Gasteiger partial charge in [-0.2, -0.15) is 5.26 Å². The number of benzene rings is 1. The van der Waals surface area contributed by atoms with Gasteiger partial charge in [0.1, 0.15) is 0 Å². The molecule has 0 N–H and O–H groups in total. The van der Waals surface area contributed by atoms with Crippen LogP contribution in [-0.2, 0) is 4.74 Å². The Kier molecular flexibility index (Phi) is 6.76. The lowest BCUT2D eigenvalue weighted by Crippen LogP contribution is -2.48. The number of hydrogen-bond donors (Lipinski definition) is 0. The molecule has 1 aromatic carbocycles. The molecule has 1 aromatic rings. The van der Waals surface area contributed by atoms with Crippen molar-refractivity contribution in [3.63, 3.8) is 0 Å². The minimum Gasteiger partial charge on any atom is -0.384 e. The zero-order valence-corrected chi connectivity index (χ0v) is 16.5. The van der Waals surface area contributed by atoms with E-state index < -0.39 is 0 Å². The maximum atomic E-state index is 12.8. The third-order valence-electron chi connectivity index (χ3n) is 5.50. The van der Waals surface area contributed by atoms with Gasteiger partial charge in [-0.15, -0.1) is 0 Å². The van der Waals surface area contributed by atoms with Gasteiger partial charge >= 0.3 is 6.03 Å². The molecule has 2 saturated heterocycles. The number of nitrogens with zero attached hydrogens (tertiary/aromatic N) is 3. The molecule has 144 valence electrons. The normalized spacial score (nSPS) is 18.3. The van der Waals surface area contributed by atoms with E-state index in [9.17, 15) is 10.1 Å². The number of allylic oxidation sites excluding steroid dienone is 1. The summed E-state index contributed by atoms with van der Waals surface area (Å²) in [5, 5.41) is 10.3. The Morgan fingerprint density at radius 2 is 1.89 bits per heavy atom. The largest absolute Gasteiger partial charge is 0.384 e. The third kappa shape index (κ3) is 4.82. The maximum Gasteiger partial charge on any atom is 0.320 e. The average Bonchev–Trinajstić information content (AvgIpc) is 2.69. The second-order valence-corrected chi connectivity index (χ2v) is 7.69. The SMILES string of the molecule is COCC1CCN(C(=O)N2CCC(=C(C#N)c3cccc(Cl)c3)CC2)CC1. The summed E-state index contributed by atoms with van der Waals surface area (Å²) in [5.41, 5.74) is 2.67. The molecule has 2 heterocycles. The van der Waals surface area contributed by atoms with Crippen LogP contribution >= 0.6 is 11.6 Å². The fourth-order valence-electron chi connectivity index (χ4n) is 3.94. The van der Waals surface area contributed by atoms with Crippen LogP contribution in [-0.4, -0.2) is 55.7 Å². The van der Waals surface area contributed by atoms with Crippen LogP contribution in [0.2, 0.25) is 5.02 Å². The zero-order chi connectivity index (χ0) is 19.2. The number of rotatable bonds is 3. The number of amides is 2. The summed E-state index contributed by atoms with van der Waals surface area (Å²) in [7, 11) is 1.73. The van der Waals surface area contributed by atoms with Crippen molar-refractivity contribution in [1.29, 1.82) is 5.26 Å². The Bertz CT molecular complexity index is 738. The topological polar surface area (TPSA) is 56.6 Å². The van der Waals surface area contributed by atoms with Gasteiger partial charge in [-0.1, -0.05) is 23.7 Å². The molecule has 0 aromatic heterocycles. The number of piperidine rings is 2. The van der Waals surface area contributed by atoms with E-state index in [1.165, 1.54) is 0 Å². The van der Waals surface area contributed by atoms with Crippen LogP contribution in [0.5, 0.6) is 0 Å². The number of likely N-dealkylation sites (tertiary alicyclic amines) is 2. The van der Waals surface area contributed by atoms with Crippen molar-refractivity contribution in [1.82, 2.24) is 9.80 Å². The number of nitriles is 1. The minimum absolute atomic E-state index is 0.131. The van der Waals surface area contributed by atoms with E-state index in [4.69, 9.17) is 16.3 Å². The fourth-order valence-corrected chi connectivity index (χ4v) is 4.13. The van der Waals surface area contributed by atoms with Crippen LogP contribution in [0.3, 0.4) is 0 Å². The molecule has 0 bridgehead atoms. The van der Waals surface area contributed by atoms with Crippen LogP contribution in [0.1, 0.15) is 31.2 Å². The zero-order valence-electron chi connectivity index (χ0n) is 15.8. The molecule has 0 saturated carbocycles. The lowest BCUT2D eigenvalue weighted by Gasteiger charge is -2.37. The predicted molar refractivity (Wildman–Crippen MR) is 106 cm³/mol. The molecule has 5 nitrogen and oxygen atoms in total. The number of hydrogen-bond acceptors (Lipinski definition) is 3. The Hall–Kier alpha value is -2.03. The number of halogens is 1. The van der Waals surface area contributed by atoms with Crippen LogP contribution in [0.15, 0.2) is 29.8 Å². The number of carbonyl (C=O) groups is 1. The fraction of sp³-hybridized carbons (Fsp3) is 0.524. The summed E-state index contributed by atoms with van der Waals surface area (Å²) in [6.07, 6.45) is 3.49. The first kappa shape index (κ1) is 19.7. The molecule has 2 aliphatic heterocycles. The van der Waals surface area contributed by atoms with E-state index >= 15 is 0 Å². The van der Waals surface area contributed by atoms with Crippen molar-refractivity contribution in [3.8, 4) is 6.07 Å². The van der Waals surface area contributed by atoms with Crippen LogP contribution in [0.4, 0.5) is 4.79 Å². The second kappa shape index (κ2) is 9.25. The van der Waals surface area contributed by atoms with E-state index in [1.807, 2.05) is 34.1 Å². The van der Waals surface area contributed by atoms with Crippen molar-refractivity contribution in [3.05, 3.63) is 40.4 Å². The van der Waals surface area contributed by atoms with Crippen LogP contribution in [0, 0.1) is 17.2 Å². The van der Waals surface area contributed by atoms with Gasteiger partial charge in [0.25, 0.3) is 0 Å². The first-order valence-corrected chi connectivity index (χ1v) is 9.91. The molecule has 27 heavy (non-hydrogen) atoms. The Balaban J connectivity index is 1.60. The lowest BCUT2D eigenvalue weighted by molar-refractivity contribution is 0.0938. The Labute approximate surface area is 166 Å². The highest BCUT2D eigenvalue weighted by molar-refractivity contribution is 6.30. The first-order chi connectivity index (χ1) is 13.1. The van der Waals surface area contributed by atoms with Gasteiger partial charge in [0.15, 0.2) is 0 Å². The predicted octanol–water partition coefficient (Wildman–Crippen LogP) is 4.19. The highest BCUT2D eigenvalue weighted by Gasteiger charge is 2.28. The van der Waals surface area contributed by atoms with Gasteiger partial charge in [0.05, 0.1) is 11.6 Å². The molecule has 6 heteroatoms. The molecule has 2 fully saturated rings. The molecule has 0 aliphatic carbocycles. The molecule has 2 aliphatic rings. The molecule has 2 amide bonds. The monoisotopic (exact) mass is 387 g/mol. The van der Waals surface area contributed by atoms with Gasteiger partial charge in [0, 0.05) is 44.9 Å². The third-order valence-corrected chi connectivity index (χ3v) is 5.74. The van der Waals surface area contributed by atoms with Crippen molar-refractivity contribution in [2.75, 3.05) is 39.9 Å². The van der Waals surface area contributed by atoms with Gasteiger partial charge in [-0.3, -0.25) is 0 Å². The van der Waals surface area contributed by atoms with E-state index in [1.54, 1.807) is 7.11 Å². The van der Waals surface area contributed by atoms with Crippen LogP contribution in [0.25, 0.3) is 5.57 Å². The summed E-state index contributed by atoms with van der Waals surface area (Å²) in [6.45, 7) is 3.71. The second-order valence-electron chi connectivity index (χ2n) is 7.26. The molecule has 0 radical (unpaired) electrons. The molecule has 0 atom stereocenters. The van der Waals surface area contributed by atoms with Crippen molar-refractivity contribution in [2.45, 2.75) is 25.7 Å². The first-order valence-electron chi connectivity index (χ1n) is 9.53. The van der Waals surface area contributed by atoms with Crippen LogP contribution < -0.4 is 0 Å². The Morgan fingerprint density at radius 1 is 1.22 bits per heavy atom. The standard InChI is InChI=1S/C21H26ClN3O2/c1-27-15-16-5-9-24(10-6-16)21(26)25-11-7-17(8-12-25)20(14-23)18-3-2-4-19(22)13-18/h2-4,13,16H,5-12,15H2,1H3. The maximum absolute atomic E-state index is 12.8. The number of urea groups is 1. The number of ether oxygens (including phenoxy) is 1. The van der Waals surface area contributed by atoms with E-state index in [-0.39, 0.29) is 6.03 Å². The van der Waals surface area contributed by atoms with E-state index in [0.29, 0.717) is 29.6 Å². The highest BCUT2D eigenvalue weighted by atomic mass is 35.5. The summed E-state index contributed by atoms with van der Waals surface area (Å²) >= 11 is 6.07. The molecular formula is C21H26ClN3O2. The van der Waals surface area contributed by atoms with Crippen molar-refractivity contribution < 1.29 is 9.53 Å². The highest BCUT2D eigenvalue weighted by Crippen LogP contribution is 2.28. The quantitative estimate of drug-likeness (QED) is 0.730. The molecule has 3 rings (SSSR count). The summed E-state index contributed by atoms with van der Waals surface area (Å²) in [4.78, 5) is 16.7. The van der Waals surface area contributed by atoms with Crippen molar-refractivity contribution in [2.24, 2.45) is 5.92 Å². The number of methoxy groups -OCH3 is 1. The minimum atomic E-state index is 0.131. The summed E-state index contributed by atoms with van der Waals surface area (Å²) in [6, 6.07) is 9.88.